The molecule has 106 valence electrons. The molecule has 2 rings (SSSR count). The Balaban J connectivity index is 2.36. The zero-order chi connectivity index (χ0) is 14.6. The van der Waals surface area contributed by atoms with Crippen molar-refractivity contribution < 1.29 is 8.42 Å². The smallest absolute Gasteiger partial charge is 0.262 e. The molecule has 0 atom stereocenters. The summed E-state index contributed by atoms with van der Waals surface area (Å²) in [5, 5.41) is 3.01. The van der Waals surface area contributed by atoms with E-state index in [9.17, 15) is 8.42 Å². The molecule has 6 heteroatoms. The third-order valence-corrected chi connectivity index (χ3v) is 4.38. The molecule has 0 unspecified atom stereocenters. The van der Waals surface area contributed by atoms with Crippen molar-refractivity contribution in [1.29, 1.82) is 0 Å². The van der Waals surface area contributed by atoms with Crippen molar-refractivity contribution >= 4 is 15.7 Å². The fourth-order valence-electron chi connectivity index (χ4n) is 1.88. The fourth-order valence-corrected chi connectivity index (χ4v) is 3.23. The van der Waals surface area contributed by atoms with Crippen molar-refractivity contribution in [2.45, 2.75) is 18.4 Å². The number of nitrogens with one attached hydrogen (secondary N) is 2. The number of hydrogen-bond acceptors (Lipinski definition) is 4. The summed E-state index contributed by atoms with van der Waals surface area (Å²) in [7, 11) is -1.77. The molecule has 1 heterocycles. The van der Waals surface area contributed by atoms with Gasteiger partial charge in [0.1, 0.15) is 0 Å². The van der Waals surface area contributed by atoms with E-state index >= 15 is 0 Å². The average molecular weight is 291 g/mol. The number of anilines is 1. The quantitative estimate of drug-likeness (QED) is 0.883. The summed E-state index contributed by atoms with van der Waals surface area (Å²) >= 11 is 0. The van der Waals surface area contributed by atoms with E-state index in [1.165, 1.54) is 0 Å². The molecule has 1 aromatic heterocycles. The highest BCUT2D eigenvalue weighted by molar-refractivity contribution is 7.92. The van der Waals surface area contributed by atoms with Crippen LogP contribution in [-0.4, -0.2) is 20.4 Å². The van der Waals surface area contributed by atoms with Gasteiger partial charge in [-0.1, -0.05) is 12.1 Å². The number of benzene rings is 1. The summed E-state index contributed by atoms with van der Waals surface area (Å²) in [6.45, 7) is 2.41. The third kappa shape index (κ3) is 3.34. The Morgan fingerprint density at radius 3 is 2.50 bits per heavy atom. The van der Waals surface area contributed by atoms with Crippen LogP contribution in [0.15, 0.2) is 47.6 Å². The number of aryl methyl sites for hydroxylation is 1. The molecule has 0 amide bonds. The summed E-state index contributed by atoms with van der Waals surface area (Å²) in [6, 6.07) is 8.65. The van der Waals surface area contributed by atoms with Gasteiger partial charge in [0.25, 0.3) is 10.0 Å². The Bertz CT molecular complexity index is 685. The maximum atomic E-state index is 12.4. The minimum atomic E-state index is -3.59. The van der Waals surface area contributed by atoms with Gasteiger partial charge >= 0.3 is 0 Å². The molecular weight excluding hydrogens is 274 g/mol. The lowest BCUT2D eigenvalue weighted by Crippen LogP contribution is -2.15. The molecule has 0 bridgehead atoms. The number of hydrogen-bond donors (Lipinski definition) is 2. The van der Waals surface area contributed by atoms with Crippen LogP contribution in [0.5, 0.6) is 0 Å². The maximum absolute atomic E-state index is 12.4. The minimum Gasteiger partial charge on any atom is -0.316 e. The Morgan fingerprint density at radius 2 is 1.85 bits per heavy atom. The highest BCUT2D eigenvalue weighted by Crippen LogP contribution is 2.20. The third-order valence-electron chi connectivity index (χ3n) is 2.86. The van der Waals surface area contributed by atoms with E-state index in [4.69, 9.17) is 0 Å². The number of nitrogens with zero attached hydrogens (tertiary/aromatic N) is 1. The number of sulfonamides is 1. The van der Waals surface area contributed by atoms with Gasteiger partial charge in [0.2, 0.25) is 0 Å². The summed E-state index contributed by atoms with van der Waals surface area (Å²) in [5.74, 6) is 0. The van der Waals surface area contributed by atoms with Crippen molar-refractivity contribution in [2.75, 3.05) is 11.8 Å². The highest BCUT2D eigenvalue weighted by atomic mass is 32.2. The molecule has 2 aromatic rings. The van der Waals surface area contributed by atoms with Crippen LogP contribution in [0.25, 0.3) is 0 Å². The van der Waals surface area contributed by atoms with Crippen LogP contribution in [0, 0.1) is 6.92 Å². The molecule has 5 nitrogen and oxygen atoms in total. The molecule has 1 aromatic carbocycles. The first kappa shape index (κ1) is 14.5. The molecular formula is C14H17N3O2S. The zero-order valence-corrected chi connectivity index (χ0v) is 12.2. The summed E-state index contributed by atoms with van der Waals surface area (Å²) < 4.78 is 27.4. The number of rotatable bonds is 5. The predicted octanol–water partition coefficient (Wildman–Crippen LogP) is 1.91. The molecule has 0 aliphatic carbocycles. The first-order valence-corrected chi connectivity index (χ1v) is 7.68. The van der Waals surface area contributed by atoms with Crippen molar-refractivity contribution in [1.82, 2.24) is 10.3 Å². The van der Waals surface area contributed by atoms with Crippen molar-refractivity contribution in [3.63, 3.8) is 0 Å². The van der Waals surface area contributed by atoms with E-state index in [2.05, 4.69) is 15.0 Å². The summed E-state index contributed by atoms with van der Waals surface area (Å²) in [4.78, 5) is 4.15. The molecule has 0 spiro atoms. The Morgan fingerprint density at radius 1 is 1.15 bits per heavy atom. The first-order chi connectivity index (χ1) is 9.53. The SMILES string of the molecule is CNCc1ccc(C)c(S(=O)(=O)Nc2ccncc2)c1. The molecule has 0 aliphatic rings. The van der Waals surface area contributed by atoms with Gasteiger partial charge in [0.05, 0.1) is 10.6 Å². The Hall–Kier alpha value is -1.92. The van der Waals surface area contributed by atoms with Gasteiger partial charge < -0.3 is 5.32 Å². The standard InChI is InChI=1S/C14H17N3O2S/c1-11-3-4-12(10-15-2)9-14(11)20(18,19)17-13-5-7-16-8-6-13/h3-9,15H,10H2,1-2H3,(H,16,17). The lowest BCUT2D eigenvalue weighted by atomic mass is 10.1. The maximum Gasteiger partial charge on any atom is 0.262 e. The van der Waals surface area contributed by atoms with Gasteiger partial charge in [-0.2, -0.15) is 0 Å². The van der Waals surface area contributed by atoms with Crippen LogP contribution in [0.3, 0.4) is 0 Å². The van der Waals surface area contributed by atoms with Crippen LogP contribution in [0.4, 0.5) is 5.69 Å². The van der Waals surface area contributed by atoms with Crippen molar-refractivity contribution in [3.8, 4) is 0 Å². The second-order valence-corrected chi connectivity index (χ2v) is 6.12. The van der Waals surface area contributed by atoms with Gasteiger partial charge in [-0.05, 0) is 43.3 Å². The number of aromatic nitrogens is 1. The molecule has 2 N–H and O–H groups in total. The van der Waals surface area contributed by atoms with Gasteiger partial charge in [0.15, 0.2) is 0 Å². The van der Waals surface area contributed by atoms with E-state index in [1.807, 2.05) is 19.2 Å². The van der Waals surface area contributed by atoms with Gasteiger partial charge in [-0.25, -0.2) is 8.42 Å². The van der Waals surface area contributed by atoms with E-state index < -0.39 is 10.0 Å². The van der Waals surface area contributed by atoms with E-state index in [1.54, 1.807) is 37.5 Å². The average Bonchev–Trinajstić information content (AvgIpc) is 2.42. The topological polar surface area (TPSA) is 71.1 Å². The van der Waals surface area contributed by atoms with Gasteiger partial charge in [0, 0.05) is 18.9 Å². The van der Waals surface area contributed by atoms with Crippen LogP contribution in [0.1, 0.15) is 11.1 Å². The van der Waals surface area contributed by atoms with Crippen LogP contribution < -0.4 is 10.0 Å². The normalized spacial score (nSPS) is 11.3. The van der Waals surface area contributed by atoms with E-state index in [0.29, 0.717) is 22.7 Å². The van der Waals surface area contributed by atoms with Gasteiger partial charge in [-0.15, -0.1) is 0 Å². The largest absolute Gasteiger partial charge is 0.316 e. The first-order valence-electron chi connectivity index (χ1n) is 6.20. The molecule has 0 radical (unpaired) electrons. The van der Waals surface area contributed by atoms with Crippen molar-refractivity contribution in [2.24, 2.45) is 0 Å². The minimum absolute atomic E-state index is 0.294. The molecule has 0 fully saturated rings. The molecule has 0 aliphatic heterocycles. The van der Waals surface area contributed by atoms with Gasteiger partial charge in [-0.3, -0.25) is 9.71 Å². The van der Waals surface area contributed by atoms with Crippen LogP contribution >= 0.6 is 0 Å². The lowest BCUT2D eigenvalue weighted by Gasteiger charge is -2.11. The van der Waals surface area contributed by atoms with Crippen LogP contribution in [-0.2, 0) is 16.6 Å². The van der Waals surface area contributed by atoms with E-state index in [-0.39, 0.29) is 0 Å². The molecule has 0 saturated carbocycles. The predicted molar refractivity (Wildman–Crippen MR) is 79.0 cm³/mol. The molecule has 20 heavy (non-hydrogen) atoms. The fraction of sp³-hybridized carbons (Fsp3) is 0.214. The molecule has 0 saturated heterocycles. The highest BCUT2D eigenvalue weighted by Gasteiger charge is 2.17. The van der Waals surface area contributed by atoms with Crippen LogP contribution in [0.2, 0.25) is 0 Å². The Kier molecular flexibility index (Phi) is 4.36. The monoisotopic (exact) mass is 291 g/mol. The second-order valence-electron chi connectivity index (χ2n) is 4.47. The summed E-state index contributed by atoms with van der Waals surface area (Å²) in [6.07, 6.45) is 3.09. The zero-order valence-electron chi connectivity index (χ0n) is 11.4. The van der Waals surface area contributed by atoms with E-state index in [0.717, 1.165) is 5.56 Å². The number of pyridine rings is 1. The second kappa shape index (κ2) is 6.02. The lowest BCUT2D eigenvalue weighted by molar-refractivity contribution is 0.600. The summed E-state index contributed by atoms with van der Waals surface area (Å²) in [5.41, 5.74) is 2.14. The Labute approximate surface area is 119 Å². The van der Waals surface area contributed by atoms with Crippen molar-refractivity contribution in [3.05, 3.63) is 53.9 Å².